The van der Waals surface area contributed by atoms with Crippen LogP contribution in [0.25, 0.3) is 11.0 Å². The third-order valence-electron chi connectivity index (χ3n) is 9.33. The zero-order valence-corrected chi connectivity index (χ0v) is 25.0. The summed E-state index contributed by atoms with van der Waals surface area (Å²) in [5.41, 5.74) is 1.82. The van der Waals surface area contributed by atoms with Crippen LogP contribution in [-0.4, -0.2) is 58.6 Å². The van der Waals surface area contributed by atoms with E-state index in [1.54, 1.807) is 17.0 Å². The lowest BCUT2D eigenvalue weighted by molar-refractivity contribution is -0.138. The van der Waals surface area contributed by atoms with Crippen LogP contribution in [0, 0.1) is 0 Å². The highest BCUT2D eigenvalue weighted by Gasteiger charge is 2.35. The number of pyridine rings is 1. The summed E-state index contributed by atoms with van der Waals surface area (Å²) in [6.07, 6.45) is -1.55. The number of aromatic nitrogens is 1. The zero-order valence-electron chi connectivity index (χ0n) is 25.0. The first-order chi connectivity index (χ1) is 22.1. The SMILES string of the molecule is O=C(c1ccc2oc(CN3CCC(n4cc(C(F)(F)F)ccc4=O)CC3)cc2c1)N1CCC(N2C(=O)OCc3ccccc32)CC1. The smallest absolute Gasteiger partial charge is 0.417 e. The first kappa shape index (κ1) is 30.1. The Bertz CT molecular complexity index is 1830. The van der Waals surface area contributed by atoms with Gasteiger partial charge in [0, 0.05) is 67.0 Å². The second kappa shape index (κ2) is 12.0. The molecule has 0 atom stereocenters. The monoisotopic (exact) mass is 634 g/mol. The van der Waals surface area contributed by atoms with E-state index in [0.717, 1.165) is 40.7 Å². The van der Waals surface area contributed by atoms with Crippen molar-refractivity contribution in [3.8, 4) is 0 Å². The van der Waals surface area contributed by atoms with Crippen LogP contribution in [0.3, 0.4) is 0 Å². The molecule has 2 fully saturated rings. The number of carbonyl (C=O) groups is 2. The van der Waals surface area contributed by atoms with E-state index >= 15 is 0 Å². The van der Waals surface area contributed by atoms with Gasteiger partial charge in [0.15, 0.2) is 0 Å². The molecule has 4 aromatic rings. The fourth-order valence-electron chi connectivity index (χ4n) is 6.87. The number of piperidine rings is 2. The van der Waals surface area contributed by atoms with Crippen molar-refractivity contribution in [3.05, 3.63) is 99.7 Å². The van der Waals surface area contributed by atoms with Gasteiger partial charge in [-0.3, -0.25) is 19.4 Å². The van der Waals surface area contributed by atoms with Crippen molar-refractivity contribution in [1.82, 2.24) is 14.4 Å². The number of hydrogen-bond acceptors (Lipinski definition) is 6. The van der Waals surface area contributed by atoms with Crippen LogP contribution < -0.4 is 10.5 Å². The van der Waals surface area contributed by atoms with E-state index in [9.17, 15) is 27.6 Å². The first-order valence-corrected chi connectivity index (χ1v) is 15.5. The Labute approximate surface area is 262 Å². The number of ether oxygens (including phenoxy) is 1. The van der Waals surface area contributed by atoms with E-state index in [1.807, 2.05) is 41.3 Å². The van der Waals surface area contributed by atoms with Gasteiger partial charge in [0.25, 0.3) is 11.5 Å². The molecule has 7 rings (SSSR count). The van der Waals surface area contributed by atoms with Crippen molar-refractivity contribution in [1.29, 1.82) is 0 Å². The molecule has 0 saturated carbocycles. The molecule has 3 aliphatic rings. The molecule has 0 bridgehead atoms. The predicted molar refractivity (Wildman–Crippen MR) is 163 cm³/mol. The molecule has 46 heavy (non-hydrogen) atoms. The fraction of sp³-hybridized carbons (Fsp3) is 0.382. The van der Waals surface area contributed by atoms with Gasteiger partial charge in [-0.1, -0.05) is 18.2 Å². The summed E-state index contributed by atoms with van der Waals surface area (Å²) in [6, 6.07) is 16.5. The molecule has 3 aliphatic heterocycles. The largest absolute Gasteiger partial charge is 0.460 e. The minimum atomic E-state index is -4.50. The summed E-state index contributed by atoms with van der Waals surface area (Å²) >= 11 is 0. The highest BCUT2D eigenvalue weighted by atomic mass is 19.4. The van der Waals surface area contributed by atoms with E-state index in [-0.39, 0.29) is 30.7 Å². The normalized spacial score (nSPS) is 18.5. The van der Waals surface area contributed by atoms with Crippen LogP contribution in [0.4, 0.5) is 23.7 Å². The van der Waals surface area contributed by atoms with Crippen molar-refractivity contribution in [2.45, 2.75) is 57.1 Å². The molecule has 0 spiro atoms. The number of rotatable bonds is 5. The van der Waals surface area contributed by atoms with Gasteiger partial charge in [0.05, 0.1) is 17.8 Å². The Morgan fingerprint density at radius 3 is 2.37 bits per heavy atom. The number of amides is 2. The van der Waals surface area contributed by atoms with Gasteiger partial charge in [-0.05, 0) is 62.1 Å². The summed E-state index contributed by atoms with van der Waals surface area (Å²) in [6.45, 7) is 3.03. The average molecular weight is 635 g/mol. The van der Waals surface area contributed by atoms with Crippen molar-refractivity contribution in [3.63, 3.8) is 0 Å². The number of benzene rings is 2. The molecule has 0 radical (unpaired) electrons. The van der Waals surface area contributed by atoms with Gasteiger partial charge in [-0.15, -0.1) is 0 Å². The van der Waals surface area contributed by atoms with Gasteiger partial charge in [0.2, 0.25) is 0 Å². The highest BCUT2D eigenvalue weighted by Crippen LogP contribution is 2.33. The number of anilines is 1. The quantitative estimate of drug-likeness (QED) is 0.260. The summed E-state index contributed by atoms with van der Waals surface area (Å²) < 4.78 is 52.2. The average Bonchev–Trinajstić information content (AvgIpc) is 3.46. The third-order valence-corrected chi connectivity index (χ3v) is 9.33. The van der Waals surface area contributed by atoms with Crippen LogP contribution in [-0.2, 0) is 24.1 Å². The maximum Gasteiger partial charge on any atom is 0.417 e. The molecule has 2 aromatic carbocycles. The Kier molecular flexibility index (Phi) is 7.83. The minimum Gasteiger partial charge on any atom is -0.460 e. The molecule has 2 amide bonds. The van der Waals surface area contributed by atoms with Gasteiger partial charge in [-0.2, -0.15) is 13.2 Å². The van der Waals surface area contributed by atoms with Gasteiger partial charge in [0.1, 0.15) is 18.0 Å². The number of likely N-dealkylation sites (tertiary alicyclic amines) is 2. The highest BCUT2D eigenvalue weighted by molar-refractivity contribution is 5.98. The van der Waals surface area contributed by atoms with Crippen LogP contribution in [0.15, 0.2) is 76.1 Å². The van der Waals surface area contributed by atoms with Crippen LogP contribution in [0.2, 0.25) is 0 Å². The lowest BCUT2D eigenvalue weighted by atomic mass is 10.00. The third kappa shape index (κ3) is 5.89. The van der Waals surface area contributed by atoms with E-state index in [2.05, 4.69) is 4.90 Å². The Hall–Kier alpha value is -4.58. The van der Waals surface area contributed by atoms with E-state index in [0.29, 0.717) is 69.6 Å². The van der Waals surface area contributed by atoms with E-state index in [1.165, 1.54) is 4.57 Å². The van der Waals surface area contributed by atoms with Crippen LogP contribution >= 0.6 is 0 Å². The second-order valence-electron chi connectivity index (χ2n) is 12.2. The van der Waals surface area contributed by atoms with Gasteiger partial charge >= 0.3 is 12.3 Å². The lowest BCUT2D eigenvalue weighted by Gasteiger charge is -2.40. The Morgan fingerprint density at radius 2 is 1.61 bits per heavy atom. The number of halogens is 3. The molecular weight excluding hydrogens is 601 g/mol. The minimum absolute atomic E-state index is 0.0482. The van der Waals surface area contributed by atoms with Crippen molar-refractivity contribution in [2.75, 3.05) is 31.1 Å². The van der Waals surface area contributed by atoms with Crippen LogP contribution in [0.5, 0.6) is 0 Å². The number of nitrogens with zero attached hydrogens (tertiary/aromatic N) is 4. The maximum atomic E-state index is 13.5. The maximum absolute atomic E-state index is 13.5. The number of fused-ring (bicyclic) bond motifs is 2. The van der Waals surface area contributed by atoms with E-state index in [4.69, 9.17) is 9.15 Å². The van der Waals surface area contributed by atoms with Crippen LogP contribution in [0.1, 0.15) is 59.0 Å². The van der Waals surface area contributed by atoms with Crippen molar-refractivity contribution in [2.24, 2.45) is 0 Å². The number of carbonyl (C=O) groups excluding carboxylic acids is 2. The lowest BCUT2D eigenvalue weighted by Crippen LogP contribution is -2.50. The molecule has 12 heteroatoms. The van der Waals surface area contributed by atoms with Gasteiger partial charge < -0.3 is 18.6 Å². The Morgan fingerprint density at radius 1 is 0.870 bits per heavy atom. The molecule has 0 unspecified atom stereocenters. The van der Waals surface area contributed by atoms with Gasteiger partial charge in [-0.25, -0.2) is 4.79 Å². The molecule has 0 aliphatic carbocycles. The van der Waals surface area contributed by atoms with Crippen molar-refractivity contribution < 1.29 is 31.9 Å². The Balaban J connectivity index is 0.962. The molecular formula is C34H33F3N4O5. The molecule has 5 heterocycles. The number of hydrogen-bond donors (Lipinski definition) is 0. The number of alkyl halides is 3. The summed E-state index contributed by atoms with van der Waals surface area (Å²) in [4.78, 5) is 44.1. The topological polar surface area (TPSA) is 88.2 Å². The first-order valence-electron chi connectivity index (χ1n) is 15.5. The molecule has 2 aromatic heterocycles. The standard InChI is InChI=1S/C34H33F3N4O5/c35-34(36,37)25-6-8-31(42)40(19-25)26-9-13-38(14-10-26)20-28-18-24-17-22(5-7-30(24)46-28)32(43)39-15-11-27(12-16-39)41-29-4-2-1-3-23(29)21-45-33(41)44/h1-8,17-19,26-27H,9-16,20-21H2. The molecule has 9 nitrogen and oxygen atoms in total. The van der Waals surface area contributed by atoms with E-state index < -0.39 is 17.3 Å². The summed E-state index contributed by atoms with van der Waals surface area (Å²) in [7, 11) is 0. The molecule has 0 N–H and O–H groups in total. The molecule has 240 valence electrons. The number of furan rings is 1. The summed E-state index contributed by atoms with van der Waals surface area (Å²) in [5.74, 6) is 0.653. The fourth-order valence-corrected chi connectivity index (χ4v) is 6.87. The summed E-state index contributed by atoms with van der Waals surface area (Å²) in [5, 5.41) is 0.814. The predicted octanol–water partition coefficient (Wildman–Crippen LogP) is 6.21. The number of cyclic esters (lactones) is 1. The number of para-hydroxylation sites is 1. The zero-order chi connectivity index (χ0) is 32.0. The van der Waals surface area contributed by atoms with Crippen molar-refractivity contribution >= 4 is 28.7 Å². The second-order valence-corrected chi connectivity index (χ2v) is 12.2. The molecule has 2 saturated heterocycles.